The number of aromatic amines is 1. The van der Waals surface area contributed by atoms with Crippen LogP contribution < -0.4 is 16.6 Å². The highest BCUT2D eigenvalue weighted by Gasteiger charge is 2.23. The molecule has 0 fully saturated rings. The van der Waals surface area contributed by atoms with Gasteiger partial charge in [0.2, 0.25) is 0 Å². The van der Waals surface area contributed by atoms with Gasteiger partial charge in [-0.05, 0) is 0 Å². The summed E-state index contributed by atoms with van der Waals surface area (Å²) in [6.07, 6.45) is 0. The lowest BCUT2D eigenvalue weighted by Gasteiger charge is -2.03. The molecule has 0 radical (unpaired) electrons. The van der Waals surface area contributed by atoms with Crippen LogP contribution in [0.3, 0.4) is 0 Å². The number of H-pyrrole nitrogens is 1. The van der Waals surface area contributed by atoms with Crippen LogP contribution >= 0.6 is 0 Å². The summed E-state index contributed by atoms with van der Waals surface area (Å²) in [7, 11) is 0. The molecule has 0 saturated carbocycles. The average Bonchev–Trinajstić information content (AvgIpc) is 2.51. The molecular weight excluding hydrogens is 190 g/mol. The van der Waals surface area contributed by atoms with E-state index in [4.69, 9.17) is 5.11 Å². The van der Waals surface area contributed by atoms with Crippen LogP contribution in [-0.4, -0.2) is 27.2 Å². The van der Waals surface area contributed by atoms with E-state index in [1.165, 1.54) is 4.57 Å². The third-order valence-corrected chi connectivity index (χ3v) is 2.04. The summed E-state index contributed by atoms with van der Waals surface area (Å²) in [5, 5.41) is 11.4. The normalized spacial score (nSPS) is 13.4. The van der Waals surface area contributed by atoms with Crippen LogP contribution in [0, 0.1) is 0 Å². The third-order valence-electron chi connectivity index (χ3n) is 2.04. The van der Waals surface area contributed by atoms with Crippen molar-refractivity contribution < 1.29 is 9.90 Å². The van der Waals surface area contributed by atoms with Crippen molar-refractivity contribution in [2.45, 2.75) is 6.54 Å². The molecule has 14 heavy (non-hydrogen) atoms. The number of nitrogens with one attached hydrogen (secondary N) is 2. The Balaban J connectivity index is 2.85. The highest BCUT2D eigenvalue weighted by atomic mass is 16.4. The molecule has 0 unspecified atom stereocenters. The van der Waals surface area contributed by atoms with Crippen LogP contribution in [0.25, 0.3) is 0 Å². The van der Waals surface area contributed by atoms with Crippen LogP contribution in [-0.2, 0) is 6.54 Å². The maximum Gasteiger partial charge on any atom is 0.345 e. The monoisotopic (exact) mass is 197 g/mol. The van der Waals surface area contributed by atoms with Gasteiger partial charge in [0, 0.05) is 13.1 Å². The van der Waals surface area contributed by atoms with Crippen molar-refractivity contribution in [3.8, 4) is 0 Å². The summed E-state index contributed by atoms with van der Waals surface area (Å²) >= 11 is 0. The molecule has 0 spiro atoms. The van der Waals surface area contributed by atoms with Crippen molar-refractivity contribution in [2.24, 2.45) is 0 Å². The Labute approximate surface area is 77.0 Å². The van der Waals surface area contributed by atoms with Gasteiger partial charge in [0.05, 0.1) is 0 Å². The van der Waals surface area contributed by atoms with Crippen LogP contribution in [0.4, 0.5) is 5.82 Å². The lowest BCUT2D eigenvalue weighted by atomic mass is 10.3. The maximum absolute atomic E-state index is 11.2. The van der Waals surface area contributed by atoms with Crippen LogP contribution in [0.15, 0.2) is 9.59 Å². The maximum atomic E-state index is 11.2. The summed E-state index contributed by atoms with van der Waals surface area (Å²) in [6, 6.07) is 0. The first-order chi connectivity index (χ1) is 6.61. The second-order valence-corrected chi connectivity index (χ2v) is 2.87. The van der Waals surface area contributed by atoms with E-state index < -0.39 is 22.8 Å². The molecule has 0 saturated heterocycles. The molecule has 7 heteroatoms. The zero-order valence-electron chi connectivity index (χ0n) is 7.03. The highest BCUT2D eigenvalue weighted by Crippen LogP contribution is 2.13. The molecule has 1 aromatic rings. The largest absolute Gasteiger partial charge is 0.477 e. The fraction of sp³-hybridized carbons (Fsp3) is 0.286. The zero-order valence-corrected chi connectivity index (χ0v) is 7.03. The minimum Gasteiger partial charge on any atom is -0.477 e. The lowest BCUT2D eigenvalue weighted by Crippen LogP contribution is -2.32. The van der Waals surface area contributed by atoms with Crippen molar-refractivity contribution in [3.63, 3.8) is 0 Å². The van der Waals surface area contributed by atoms with Gasteiger partial charge in [0.25, 0.3) is 5.56 Å². The summed E-state index contributed by atoms with van der Waals surface area (Å²) < 4.78 is 1.20. The molecule has 7 nitrogen and oxygen atoms in total. The minimum absolute atomic E-state index is 0.0891. The fourth-order valence-corrected chi connectivity index (χ4v) is 1.45. The highest BCUT2D eigenvalue weighted by molar-refractivity contribution is 5.92. The van der Waals surface area contributed by atoms with E-state index in [1.54, 1.807) is 0 Å². The predicted octanol–water partition coefficient (Wildman–Crippen LogP) is -1.34. The summed E-state index contributed by atoms with van der Waals surface area (Å²) in [5.41, 5.74) is -1.87. The first-order valence-electron chi connectivity index (χ1n) is 3.95. The van der Waals surface area contributed by atoms with Crippen molar-refractivity contribution >= 4 is 11.8 Å². The standard InChI is InChI=1S/C7H7N3O4/c11-5-3(6(12)13)4-8-1-2-10(4)7(14)9-5/h8H,1-2H2,(H,12,13)(H,9,11,14). The number of carbonyl (C=O) groups is 1. The molecule has 2 rings (SSSR count). The van der Waals surface area contributed by atoms with Crippen molar-refractivity contribution in [2.75, 3.05) is 11.9 Å². The number of nitrogens with zero attached hydrogens (tertiary/aromatic N) is 1. The van der Waals surface area contributed by atoms with Gasteiger partial charge in [-0.2, -0.15) is 0 Å². The SMILES string of the molecule is O=C(O)c1c2n(c(=O)[nH]c1=O)CCN2. The van der Waals surface area contributed by atoms with E-state index in [1.807, 2.05) is 4.98 Å². The van der Waals surface area contributed by atoms with Crippen molar-refractivity contribution in [1.29, 1.82) is 0 Å². The molecule has 1 aliphatic heterocycles. The molecule has 3 N–H and O–H groups in total. The van der Waals surface area contributed by atoms with Gasteiger partial charge < -0.3 is 10.4 Å². The molecule has 0 bridgehead atoms. The summed E-state index contributed by atoms with van der Waals surface area (Å²) in [5.74, 6) is -1.25. The van der Waals surface area contributed by atoms with E-state index in [0.717, 1.165) is 0 Å². The molecule has 0 aliphatic carbocycles. The Hall–Kier alpha value is -2.05. The van der Waals surface area contributed by atoms with Gasteiger partial charge in [-0.3, -0.25) is 14.3 Å². The summed E-state index contributed by atoms with van der Waals surface area (Å²) in [6.45, 7) is 0.817. The van der Waals surface area contributed by atoms with Crippen molar-refractivity contribution in [3.05, 3.63) is 26.4 Å². The average molecular weight is 197 g/mol. The number of carboxylic acid groups (broad SMARTS) is 1. The molecule has 1 aliphatic rings. The topological polar surface area (TPSA) is 104 Å². The molecule has 1 aromatic heterocycles. The number of hydrogen-bond donors (Lipinski definition) is 3. The quantitative estimate of drug-likeness (QED) is 0.517. The second-order valence-electron chi connectivity index (χ2n) is 2.87. The number of hydrogen-bond acceptors (Lipinski definition) is 4. The third kappa shape index (κ3) is 1.02. The molecule has 0 aromatic carbocycles. The van der Waals surface area contributed by atoms with Gasteiger partial charge in [0.1, 0.15) is 5.82 Å². The smallest absolute Gasteiger partial charge is 0.345 e. The predicted molar refractivity (Wildman–Crippen MR) is 46.8 cm³/mol. The van der Waals surface area contributed by atoms with Crippen LogP contribution in [0.1, 0.15) is 10.4 Å². The molecule has 74 valence electrons. The van der Waals surface area contributed by atoms with Crippen LogP contribution in [0.5, 0.6) is 0 Å². The van der Waals surface area contributed by atoms with E-state index in [0.29, 0.717) is 13.1 Å². The minimum atomic E-state index is -1.34. The van der Waals surface area contributed by atoms with Gasteiger partial charge in [-0.1, -0.05) is 0 Å². The Morgan fingerprint density at radius 3 is 2.79 bits per heavy atom. The number of fused-ring (bicyclic) bond motifs is 1. The molecule has 2 heterocycles. The molecule has 0 atom stereocenters. The van der Waals surface area contributed by atoms with Gasteiger partial charge in [-0.15, -0.1) is 0 Å². The summed E-state index contributed by atoms with van der Waals surface area (Å²) in [4.78, 5) is 35.0. The second kappa shape index (κ2) is 2.72. The van der Waals surface area contributed by atoms with Gasteiger partial charge in [-0.25, -0.2) is 9.59 Å². The fourth-order valence-electron chi connectivity index (χ4n) is 1.45. The number of aromatic nitrogens is 2. The van der Waals surface area contributed by atoms with Gasteiger partial charge >= 0.3 is 11.7 Å². The van der Waals surface area contributed by atoms with E-state index >= 15 is 0 Å². The number of anilines is 1. The van der Waals surface area contributed by atoms with E-state index in [-0.39, 0.29) is 5.82 Å². The number of carboxylic acids is 1. The Bertz CT molecular complexity index is 513. The first kappa shape index (κ1) is 8.54. The van der Waals surface area contributed by atoms with Crippen molar-refractivity contribution in [1.82, 2.24) is 9.55 Å². The molecular formula is C7H7N3O4. The van der Waals surface area contributed by atoms with E-state index in [2.05, 4.69) is 5.32 Å². The molecule has 0 amide bonds. The first-order valence-corrected chi connectivity index (χ1v) is 3.95. The Morgan fingerprint density at radius 1 is 1.43 bits per heavy atom. The zero-order chi connectivity index (χ0) is 10.3. The number of aromatic carboxylic acids is 1. The number of rotatable bonds is 1. The van der Waals surface area contributed by atoms with Crippen LogP contribution in [0.2, 0.25) is 0 Å². The van der Waals surface area contributed by atoms with E-state index in [9.17, 15) is 14.4 Å². The Morgan fingerprint density at radius 2 is 2.14 bits per heavy atom. The lowest BCUT2D eigenvalue weighted by molar-refractivity contribution is 0.0695. The Kier molecular flexibility index (Phi) is 1.66. The van der Waals surface area contributed by atoms with Gasteiger partial charge in [0.15, 0.2) is 5.56 Å².